The van der Waals surface area contributed by atoms with Gasteiger partial charge in [0.25, 0.3) is 0 Å². The quantitative estimate of drug-likeness (QED) is 0.0418. The van der Waals surface area contributed by atoms with E-state index in [9.17, 15) is 18.9 Å². The topological polar surface area (TPSA) is 338 Å². The maximum Gasteiger partial charge on any atom is 0.389 e. The molecule has 4 aliphatic heterocycles. The minimum absolute atomic E-state index is 0.00797. The molecule has 0 saturated carbocycles. The van der Waals surface area contributed by atoms with Gasteiger partial charge in [0, 0.05) is 42.0 Å². The van der Waals surface area contributed by atoms with E-state index in [0.29, 0.717) is 67.1 Å². The SMILES string of the molecule is [B-][P@]1(=O)OC[C@H]2O[C@@H](n3cnc4c(N)ncnc43)[C@H](F)[C@@H]2O[P@@](=O)(SCc2ccc(NC(=O)CNC(=O)CCCCCn3nnc4c3-c3ccccc3CN(C(=O)CCC)c3ccccc3-4)cc2)OC[C@H]2O[C@@H](n3cnc4c(N)ncnc43)[C@H](F)[C@@H]2O1. The van der Waals surface area contributed by atoms with Crippen LogP contribution in [0.2, 0.25) is 0 Å². The second-order valence-electron chi connectivity index (χ2n) is 20.9. The maximum atomic E-state index is 17.0. The first-order valence-electron chi connectivity index (χ1n) is 27.9. The number of aryl methyl sites for hydroxylation is 1. The largest absolute Gasteiger partial charge is 0.444 e. The van der Waals surface area contributed by atoms with Gasteiger partial charge in [0.1, 0.15) is 53.8 Å². The van der Waals surface area contributed by atoms with Crippen LogP contribution in [0.5, 0.6) is 0 Å². The van der Waals surface area contributed by atoms with Crippen LogP contribution in [-0.4, -0.2) is 136 Å². The number of amides is 3. The number of imidazole rings is 2. The first kappa shape index (κ1) is 59.7. The normalized spacial score (nSPS) is 25.4. The molecule has 0 unspecified atom stereocenters. The fraction of sp³-hybridized carbons (Fsp3) is 0.389. The van der Waals surface area contributed by atoms with Crippen molar-refractivity contribution in [1.29, 1.82) is 0 Å². The van der Waals surface area contributed by atoms with Gasteiger partial charge in [-0.3, -0.25) is 32.6 Å². The summed E-state index contributed by atoms with van der Waals surface area (Å²) in [6.45, 7) is -3.46. The number of nitrogens with one attached hydrogen (secondary N) is 2. The summed E-state index contributed by atoms with van der Waals surface area (Å²) >= 11 is 0.662. The van der Waals surface area contributed by atoms with Crippen LogP contribution in [0.3, 0.4) is 0 Å². The van der Waals surface area contributed by atoms with Crippen molar-refractivity contribution in [2.45, 2.75) is 114 Å². The fourth-order valence-corrected chi connectivity index (χ4v) is 15.2. The smallest absolute Gasteiger partial charge is 0.389 e. The third kappa shape index (κ3) is 12.5. The molecule has 6 N–H and O–H groups in total. The Morgan fingerprint density at radius 1 is 0.747 bits per heavy atom. The van der Waals surface area contributed by atoms with Crippen molar-refractivity contribution < 1.29 is 59.9 Å². The number of nitrogens with two attached hydrogens (primary N) is 2. The Morgan fingerprint density at radius 2 is 1.38 bits per heavy atom. The zero-order valence-corrected chi connectivity index (χ0v) is 49.1. The summed E-state index contributed by atoms with van der Waals surface area (Å²) < 4.78 is 102. The van der Waals surface area contributed by atoms with Crippen LogP contribution in [0.25, 0.3) is 44.8 Å². The number of para-hydroxylation sites is 1. The summed E-state index contributed by atoms with van der Waals surface area (Å²) in [5, 5.41) is 14.6. The van der Waals surface area contributed by atoms with Crippen LogP contribution in [-0.2, 0) is 69.9 Å². The molecule has 10 atom stereocenters. The first-order valence-corrected chi connectivity index (χ1v) is 32.6. The standard InChI is InChI=1S/C54H57BF2N16O11P2S/c1-2-10-40(76)70-22-31-11-5-6-12-33(31)46-43(34-13-7-8-14-35(34)70)68-69-73(46)20-9-3-4-15-38(74)60-21-39(75)67-32-18-16-30(17-19-32)25-87-86(78)80-24-37-47(41(56)53(82-37)71-28-65-44-49(58)61-26-63-51(44)71)83-85(55,77)79-23-36-48(84-86)42(57)54(81-36)72-29-66-45-50(59)62-27-64-52(45)72/h5-8,11-14,16-19,26-29,36-37,41-42,47-48,53-54H,2-4,9-10,15,20-25H2,1H3,(H,60,74)(H,67,75)(H2,58,61,63)(H2,59,62,64)/q-1/t36-,37-,41-,42-,47-,48-,53-,54-,85+,86+/m1/s1. The average Bonchev–Trinajstić information content (AvgIpc) is 2.20. The Balaban J connectivity index is 0.671. The number of carbonyl (C=O) groups is 3. The van der Waals surface area contributed by atoms with Crippen LogP contribution in [0.15, 0.2) is 98.1 Å². The van der Waals surface area contributed by atoms with Crippen LogP contribution in [0.4, 0.5) is 31.8 Å². The number of rotatable bonds is 16. The Labute approximate surface area is 500 Å². The molecule has 0 bridgehead atoms. The number of aromatic nitrogens is 11. The second kappa shape index (κ2) is 25.2. The van der Waals surface area contributed by atoms with E-state index in [2.05, 4.69) is 50.8 Å². The zero-order valence-electron chi connectivity index (χ0n) is 46.5. The molecule has 0 spiro atoms. The van der Waals surface area contributed by atoms with Gasteiger partial charge >= 0.3 is 6.80 Å². The van der Waals surface area contributed by atoms with Crippen molar-refractivity contribution in [2.24, 2.45) is 0 Å². The molecule has 12 rings (SSSR count). The van der Waals surface area contributed by atoms with E-state index in [-0.39, 0.29) is 64.5 Å². The van der Waals surface area contributed by atoms with E-state index in [0.717, 1.165) is 47.1 Å². The molecule has 3 aromatic carbocycles. The van der Waals surface area contributed by atoms with Crippen molar-refractivity contribution in [3.05, 3.63) is 109 Å². The number of benzene rings is 3. The molecule has 5 aromatic heterocycles. The number of halogens is 2. The van der Waals surface area contributed by atoms with Crippen molar-refractivity contribution >= 4 is 96.3 Å². The van der Waals surface area contributed by atoms with Crippen molar-refractivity contribution in [3.8, 4) is 22.5 Å². The molecular formula is C54H57BF2N16O11P2S-. The van der Waals surface area contributed by atoms with Crippen LogP contribution in [0, 0.1) is 0 Å². The summed E-state index contributed by atoms with van der Waals surface area (Å²) in [6, 6.07) is 22.2. The number of hydrogen-bond acceptors (Lipinski definition) is 22. The van der Waals surface area contributed by atoms with E-state index in [4.69, 9.17) is 46.6 Å². The van der Waals surface area contributed by atoms with E-state index in [1.54, 1.807) is 24.3 Å². The van der Waals surface area contributed by atoms with Gasteiger partial charge in [0.2, 0.25) is 17.7 Å². The molecule has 4 aliphatic rings. The van der Waals surface area contributed by atoms with Gasteiger partial charge in [-0.15, -0.1) is 5.10 Å². The van der Waals surface area contributed by atoms with Crippen LogP contribution < -0.4 is 27.0 Å². The first-order chi connectivity index (χ1) is 42.0. The highest BCUT2D eigenvalue weighted by molar-refractivity contribution is 8.54. The lowest BCUT2D eigenvalue weighted by molar-refractivity contribution is -0.124. The molecule has 8 aromatic rings. The third-order valence-electron chi connectivity index (χ3n) is 15.1. The Bertz CT molecular complexity index is 3980. The third-order valence-corrected chi connectivity index (χ3v) is 19.8. The number of carbonyl (C=O) groups excluding carboxylic acids is 3. The van der Waals surface area contributed by atoms with Gasteiger partial charge in [0.15, 0.2) is 47.7 Å². The second-order valence-corrected chi connectivity index (χ2v) is 26.5. The number of unbranched alkanes of at least 4 members (excludes halogenated alkanes) is 2. The highest BCUT2D eigenvalue weighted by Gasteiger charge is 2.54. The summed E-state index contributed by atoms with van der Waals surface area (Å²) in [7, 11) is 1.32. The number of anilines is 4. The average molecular weight is 1250 g/mol. The molecule has 3 radical (unpaired) electrons. The van der Waals surface area contributed by atoms with Gasteiger partial charge in [-0.05, 0) is 60.0 Å². The van der Waals surface area contributed by atoms with Crippen LogP contribution >= 0.6 is 25.7 Å². The summed E-state index contributed by atoms with van der Waals surface area (Å²) in [4.78, 5) is 65.8. The van der Waals surface area contributed by atoms with Gasteiger partial charge in [-0.2, -0.15) is 0 Å². The molecule has 3 fully saturated rings. The number of alkyl halides is 2. The van der Waals surface area contributed by atoms with E-state index in [1.807, 2.05) is 65.0 Å². The van der Waals surface area contributed by atoms with Crippen LogP contribution in [0.1, 0.15) is 69.0 Å². The predicted octanol–water partition coefficient (Wildman–Crippen LogP) is 7.32. The van der Waals surface area contributed by atoms with E-state index >= 15 is 13.3 Å². The minimum atomic E-state index is -4.73. The molecule has 27 nitrogen and oxygen atoms in total. The molecule has 33 heteroatoms. The molecule has 87 heavy (non-hydrogen) atoms. The summed E-state index contributed by atoms with van der Waals surface area (Å²) in [5.74, 6) is -0.804. The van der Waals surface area contributed by atoms with E-state index in [1.165, 1.54) is 21.8 Å². The number of ether oxygens (including phenoxy) is 2. The molecule has 453 valence electrons. The summed E-state index contributed by atoms with van der Waals surface area (Å²) in [6.07, 6.45) is -5.87. The number of fused-ring (bicyclic) bond motifs is 9. The van der Waals surface area contributed by atoms with Gasteiger partial charge in [-0.1, -0.05) is 73.2 Å². The molecule has 3 saturated heterocycles. The van der Waals surface area contributed by atoms with Crippen molar-refractivity contribution in [2.75, 3.05) is 41.4 Å². The highest BCUT2D eigenvalue weighted by atomic mass is 32.7. The highest BCUT2D eigenvalue weighted by Crippen LogP contribution is 2.65. The maximum absolute atomic E-state index is 17.0. The molecule has 9 heterocycles. The minimum Gasteiger partial charge on any atom is -0.444 e. The monoisotopic (exact) mass is 1250 g/mol. The number of nitrogens with zero attached hydrogens (tertiary/aromatic N) is 12. The Morgan fingerprint density at radius 3 is 2.06 bits per heavy atom. The Kier molecular flexibility index (Phi) is 17.3. The van der Waals surface area contributed by atoms with Crippen molar-refractivity contribution in [1.82, 2.24) is 59.3 Å². The van der Waals surface area contributed by atoms with Gasteiger partial charge < -0.3 is 57.7 Å². The van der Waals surface area contributed by atoms with Gasteiger partial charge in [0.05, 0.1) is 57.8 Å². The van der Waals surface area contributed by atoms with Crippen molar-refractivity contribution in [3.63, 3.8) is 0 Å². The number of nitrogen functional groups attached to an aromatic ring is 2. The lowest BCUT2D eigenvalue weighted by atomic mass is 9.95. The van der Waals surface area contributed by atoms with Gasteiger partial charge in [-0.25, -0.2) is 47.9 Å². The molecular weight excluding hydrogens is 1190 g/mol. The Hall–Kier alpha value is -7.60. The fourth-order valence-electron chi connectivity index (χ4n) is 10.8. The zero-order chi connectivity index (χ0) is 60.6. The lowest BCUT2D eigenvalue weighted by Gasteiger charge is -2.35. The predicted molar refractivity (Wildman–Crippen MR) is 315 cm³/mol. The molecule has 3 amide bonds. The molecule has 0 aliphatic carbocycles. The lowest BCUT2D eigenvalue weighted by Crippen LogP contribution is -2.37. The van der Waals surface area contributed by atoms with E-state index < -0.39 is 82.6 Å². The number of hydrogen-bond donors (Lipinski definition) is 4. The summed E-state index contributed by atoms with van der Waals surface area (Å²) in [5.41, 5.74) is 18.5.